The molecule has 0 aliphatic carbocycles. The number of carbonyl (C=O) groups is 1. The molecule has 0 spiro atoms. The number of likely N-dealkylation sites (N-methyl/N-ethyl adjacent to an activating group) is 1. The minimum absolute atomic E-state index is 0.000502. The number of unbranched alkanes of at least 4 members (excludes halogenated alkanes) is 1. The van der Waals surface area contributed by atoms with Crippen LogP contribution in [-0.4, -0.2) is 27.0 Å². The first-order valence-electron chi connectivity index (χ1n) is 7.99. The zero-order valence-corrected chi connectivity index (χ0v) is 15.0. The lowest BCUT2D eigenvalue weighted by Crippen LogP contribution is -2.40. The van der Waals surface area contributed by atoms with Crippen molar-refractivity contribution in [2.45, 2.75) is 33.2 Å². The molecule has 25 heavy (non-hydrogen) atoms. The molecule has 0 saturated heterocycles. The highest BCUT2D eigenvalue weighted by Gasteiger charge is 2.21. The van der Waals surface area contributed by atoms with Crippen LogP contribution in [0.2, 0.25) is 0 Å². The summed E-state index contributed by atoms with van der Waals surface area (Å²) in [4.78, 5) is 44.3. The van der Waals surface area contributed by atoms with Crippen LogP contribution < -0.4 is 21.9 Å². The summed E-state index contributed by atoms with van der Waals surface area (Å²) in [5.74, 6) is -0.409. The molecule has 0 unspecified atom stereocenters. The molecular weight excluding hydrogens is 342 g/mol. The Kier molecular flexibility index (Phi) is 6.29. The van der Waals surface area contributed by atoms with Crippen LogP contribution in [0.25, 0.3) is 6.08 Å². The van der Waals surface area contributed by atoms with Crippen molar-refractivity contribution in [2.24, 2.45) is 0 Å². The maximum absolute atomic E-state index is 12.5. The van der Waals surface area contributed by atoms with Gasteiger partial charge in [0.15, 0.2) is 5.69 Å². The third-order valence-corrected chi connectivity index (χ3v) is 4.25. The summed E-state index contributed by atoms with van der Waals surface area (Å²) in [5.41, 5.74) is 7.11. The Hall–Kier alpha value is -2.68. The number of aromatic amines is 1. The lowest BCUT2D eigenvalue weighted by atomic mass is 10.3. The van der Waals surface area contributed by atoms with E-state index in [1.54, 1.807) is 23.9 Å². The number of rotatable bonds is 7. The molecule has 0 aliphatic heterocycles. The summed E-state index contributed by atoms with van der Waals surface area (Å²) in [6.07, 6.45) is 4.50. The normalized spacial score (nSPS) is 11.1. The van der Waals surface area contributed by atoms with Crippen LogP contribution in [0.15, 0.2) is 26.6 Å². The number of nitrogen functional groups attached to an aromatic ring is 1. The monoisotopic (exact) mass is 363 g/mol. The minimum Gasteiger partial charge on any atom is -0.383 e. The van der Waals surface area contributed by atoms with Crippen molar-refractivity contribution in [3.63, 3.8) is 0 Å². The molecule has 0 aliphatic rings. The number of hydrogen-bond donors (Lipinski definition) is 2. The maximum Gasteiger partial charge on any atom is 0.330 e. The van der Waals surface area contributed by atoms with E-state index in [1.165, 1.54) is 26.9 Å². The third kappa shape index (κ3) is 4.24. The van der Waals surface area contributed by atoms with Gasteiger partial charge in [0.2, 0.25) is 0 Å². The Labute approximate surface area is 148 Å². The molecule has 0 radical (unpaired) electrons. The van der Waals surface area contributed by atoms with Crippen LogP contribution >= 0.6 is 11.3 Å². The summed E-state index contributed by atoms with van der Waals surface area (Å²) in [5, 5.41) is 1.80. The topological polar surface area (TPSA) is 114 Å². The highest BCUT2D eigenvalue weighted by Crippen LogP contribution is 2.17. The fourth-order valence-electron chi connectivity index (χ4n) is 2.35. The Bertz CT molecular complexity index is 867. The van der Waals surface area contributed by atoms with E-state index in [4.69, 9.17) is 5.73 Å². The molecular formula is C16H21N5O3S. The number of amides is 1. The predicted molar refractivity (Wildman–Crippen MR) is 99.8 cm³/mol. The van der Waals surface area contributed by atoms with Gasteiger partial charge < -0.3 is 10.6 Å². The average Bonchev–Trinajstić information content (AvgIpc) is 3.09. The Balaban J connectivity index is 2.41. The van der Waals surface area contributed by atoms with E-state index in [1.807, 2.05) is 6.92 Å². The number of nitrogens with one attached hydrogen (secondary N) is 1. The number of carbonyl (C=O) groups excluding carboxylic acids is 1. The van der Waals surface area contributed by atoms with Gasteiger partial charge in [-0.25, -0.2) is 9.78 Å². The van der Waals surface area contributed by atoms with Crippen LogP contribution in [-0.2, 0) is 11.3 Å². The Morgan fingerprint density at radius 3 is 2.80 bits per heavy atom. The maximum atomic E-state index is 12.5. The first-order chi connectivity index (χ1) is 12.0. The molecule has 0 aromatic carbocycles. The molecule has 0 bridgehead atoms. The van der Waals surface area contributed by atoms with E-state index in [2.05, 4.69) is 9.97 Å². The van der Waals surface area contributed by atoms with Gasteiger partial charge in [-0.3, -0.25) is 19.1 Å². The number of H-pyrrole nitrogens is 1. The zero-order valence-electron chi connectivity index (χ0n) is 14.2. The van der Waals surface area contributed by atoms with Crippen molar-refractivity contribution in [2.75, 3.05) is 17.2 Å². The van der Waals surface area contributed by atoms with E-state index in [9.17, 15) is 14.4 Å². The molecule has 2 aromatic rings. The van der Waals surface area contributed by atoms with Gasteiger partial charge in [0.1, 0.15) is 5.82 Å². The van der Waals surface area contributed by atoms with Crippen LogP contribution in [0.1, 0.15) is 32.4 Å². The SMILES string of the molecule is CCCCn1c(N)c(N(CC)C(=O)/C=C/c2cscn2)c(=O)[nH]c1=O. The van der Waals surface area contributed by atoms with Crippen molar-refractivity contribution in [3.05, 3.63) is 43.5 Å². The minimum atomic E-state index is -0.674. The number of thiazole rings is 1. The first-order valence-corrected chi connectivity index (χ1v) is 8.94. The molecule has 9 heteroatoms. The number of anilines is 2. The summed E-state index contributed by atoms with van der Waals surface area (Å²) >= 11 is 1.42. The highest BCUT2D eigenvalue weighted by molar-refractivity contribution is 7.07. The van der Waals surface area contributed by atoms with E-state index in [-0.39, 0.29) is 18.1 Å². The fourth-order valence-corrected chi connectivity index (χ4v) is 2.87. The van der Waals surface area contributed by atoms with Crippen LogP contribution in [0, 0.1) is 0 Å². The molecule has 2 aromatic heterocycles. The second kappa shape index (κ2) is 8.43. The molecule has 0 saturated carbocycles. The third-order valence-electron chi connectivity index (χ3n) is 3.65. The predicted octanol–water partition coefficient (Wildman–Crippen LogP) is 1.44. The van der Waals surface area contributed by atoms with Gasteiger partial charge in [0.25, 0.3) is 11.5 Å². The van der Waals surface area contributed by atoms with E-state index in [0.717, 1.165) is 12.8 Å². The number of nitrogens with two attached hydrogens (primary N) is 1. The van der Waals surface area contributed by atoms with Gasteiger partial charge in [-0.2, -0.15) is 0 Å². The lowest BCUT2D eigenvalue weighted by Gasteiger charge is -2.21. The zero-order chi connectivity index (χ0) is 18.4. The largest absolute Gasteiger partial charge is 0.383 e. The first kappa shape index (κ1) is 18.7. The number of nitrogens with zero attached hydrogens (tertiary/aromatic N) is 3. The summed E-state index contributed by atoms with van der Waals surface area (Å²) < 4.78 is 1.29. The second-order valence-corrected chi connectivity index (χ2v) is 6.05. The van der Waals surface area contributed by atoms with Gasteiger partial charge in [0.05, 0.1) is 11.2 Å². The summed E-state index contributed by atoms with van der Waals surface area (Å²) in [6.45, 7) is 4.33. The molecule has 3 N–H and O–H groups in total. The molecule has 0 atom stereocenters. The van der Waals surface area contributed by atoms with Crippen molar-refractivity contribution < 1.29 is 4.79 Å². The molecule has 2 heterocycles. The lowest BCUT2D eigenvalue weighted by molar-refractivity contribution is -0.114. The van der Waals surface area contributed by atoms with Gasteiger partial charge in [-0.15, -0.1) is 11.3 Å². The standard InChI is InChI=1S/C16H21N5O3S/c1-3-5-8-21-14(17)13(15(23)19-16(21)24)20(4-2)12(22)7-6-11-9-25-10-18-11/h6-7,9-10H,3-5,8,17H2,1-2H3,(H,19,23,24)/b7-6+. The van der Waals surface area contributed by atoms with Crippen LogP contribution in [0.5, 0.6) is 0 Å². The summed E-state index contributed by atoms with van der Waals surface area (Å²) in [6, 6.07) is 0. The van der Waals surface area contributed by atoms with Crippen molar-refractivity contribution in [1.29, 1.82) is 0 Å². The van der Waals surface area contributed by atoms with Gasteiger partial charge in [0, 0.05) is 24.5 Å². The summed E-state index contributed by atoms with van der Waals surface area (Å²) in [7, 11) is 0. The van der Waals surface area contributed by atoms with Gasteiger partial charge in [-0.1, -0.05) is 13.3 Å². The highest BCUT2D eigenvalue weighted by atomic mass is 32.1. The van der Waals surface area contributed by atoms with E-state index >= 15 is 0 Å². The van der Waals surface area contributed by atoms with Gasteiger partial charge >= 0.3 is 5.69 Å². The number of aromatic nitrogens is 3. The molecule has 134 valence electrons. The van der Waals surface area contributed by atoms with Crippen LogP contribution in [0.3, 0.4) is 0 Å². The van der Waals surface area contributed by atoms with Crippen molar-refractivity contribution >= 4 is 34.8 Å². The fraction of sp³-hybridized carbons (Fsp3) is 0.375. The smallest absolute Gasteiger partial charge is 0.330 e. The van der Waals surface area contributed by atoms with E-state index < -0.39 is 17.2 Å². The molecule has 1 amide bonds. The molecule has 2 rings (SSSR count). The van der Waals surface area contributed by atoms with Crippen molar-refractivity contribution in [3.8, 4) is 0 Å². The van der Waals surface area contributed by atoms with Crippen LogP contribution in [0.4, 0.5) is 11.5 Å². The average molecular weight is 363 g/mol. The second-order valence-electron chi connectivity index (χ2n) is 5.33. The molecule has 8 nitrogen and oxygen atoms in total. The number of hydrogen-bond acceptors (Lipinski definition) is 6. The van der Waals surface area contributed by atoms with E-state index in [0.29, 0.717) is 12.2 Å². The Morgan fingerprint density at radius 1 is 1.44 bits per heavy atom. The Morgan fingerprint density at radius 2 is 2.20 bits per heavy atom. The van der Waals surface area contributed by atoms with Crippen molar-refractivity contribution in [1.82, 2.24) is 14.5 Å². The quantitative estimate of drug-likeness (QED) is 0.723. The van der Waals surface area contributed by atoms with Gasteiger partial charge in [-0.05, 0) is 19.4 Å². The molecule has 0 fully saturated rings.